The van der Waals surface area contributed by atoms with Crippen LogP contribution in [0.1, 0.15) is 76.3 Å². The zero-order chi connectivity index (χ0) is 31.1. The number of aromatic nitrogens is 1. The zero-order valence-electron chi connectivity index (χ0n) is 25.8. The molecule has 0 spiro atoms. The lowest BCUT2D eigenvalue weighted by Crippen LogP contribution is -2.44. The minimum Gasteiger partial charge on any atom is -0.497 e. The van der Waals surface area contributed by atoms with Gasteiger partial charge in [-0.25, -0.2) is 0 Å². The predicted molar refractivity (Wildman–Crippen MR) is 168 cm³/mol. The summed E-state index contributed by atoms with van der Waals surface area (Å²) in [5.41, 5.74) is 2.65. The number of ether oxygens (including phenoxy) is 2. The van der Waals surface area contributed by atoms with Gasteiger partial charge < -0.3 is 19.7 Å². The molecule has 0 radical (unpaired) electrons. The fraction of sp³-hybridized carbons (Fsp3) is 0.429. The number of carbonyl (C=O) groups excluding carboxylic acids is 3. The number of ketones is 1. The number of methoxy groups -OCH3 is 1. The lowest BCUT2D eigenvalue weighted by atomic mass is 9.88. The van der Waals surface area contributed by atoms with E-state index in [1.165, 1.54) is 11.8 Å². The van der Waals surface area contributed by atoms with Gasteiger partial charge >= 0.3 is 0 Å². The molecule has 9 heteroatoms. The lowest BCUT2D eigenvalue weighted by molar-refractivity contribution is 0.0645. The van der Waals surface area contributed by atoms with Crippen molar-refractivity contribution in [2.24, 2.45) is 5.92 Å². The van der Waals surface area contributed by atoms with Crippen LogP contribution in [0, 0.1) is 5.92 Å². The SMILES string of the molecule is COc1ccc(C(=O)C2CCN(C(=O)c3ccc(C(=O)NC4CCN(Cc5ccc(OC(C)C)cc5)CC4)cn3)CC2)cc1. The standard InChI is InChI=1S/C35H42N4O5/c1-24(2)44-31-9-4-25(5-10-31)23-38-18-16-29(17-19-38)37-34(41)28-8-13-32(36-22-28)35(42)39-20-14-27(15-21-39)33(40)26-6-11-30(43-3)12-7-26/h4-13,22,24,27,29H,14-21,23H2,1-3H3,(H,37,41). The number of nitrogens with one attached hydrogen (secondary N) is 1. The third kappa shape index (κ3) is 8.02. The predicted octanol–water partition coefficient (Wildman–Crippen LogP) is 5.01. The van der Waals surface area contributed by atoms with Gasteiger partial charge in [-0.2, -0.15) is 0 Å². The maximum Gasteiger partial charge on any atom is 0.272 e. The number of likely N-dealkylation sites (tertiary alicyclic amines) is 2. The molecule has 3 aromatic rings. The second-order valence-electron chi connectivity index (χ2n) is 11.9. The van der Waals surface area contributed by atoms with Crippen molar-refractivity contribution in [2.45, 2.75) is 58.2 Å². The summed E-state index contributed by atoms with van der Waals surface area (Å²) in [6, 6.07) is 18.8. The second kappa shape index (κ2) is 14.5. The Balaban J connectivity index is 1.05. The fourth-order valence-electron chi connectivity index (χ4n) is 5.86. The van der Waals surface area contributed by atoms with Gasteiger partial charge in [-0.05, 0) is 93.6 Å². The maximum atomic E-state index is 13.1. The zero-order valence-corrected chi connectivity index (χ0v) is 25.8. The molecule has 2 aliphatic rings. The van der Waals surface area contributed by atoms with Gasteiger partial charge in [-0.3, -0.25) is 24.3 Å². The maximum absolute atomic E-state index is 13.1. The molecule has 9 nitrogen and oxygen atoms in total. The Kier molecular flexibility index (Phi) is 10.3. The Morgan fingerprint density at radius 1 is 0.841 bits per heavy atom. The summed E-state index contributed by atoms with van der Waals surface area (Å²) in [6.45, 7) is 7.71. The third-order valence-electron chi connectivity index (χ3n) is 8.40. The number of nitrogens with zero attached hydrogens (tertiary/aromatic N) is 3. The summed E-state index contributed by atoms with van der Waals surface area (Å²) in [5.74, 6) is 1.23. The van der Waals surface area contributed by atoms with Crippen molar-refractivity contribution in [1.82, 2.24) is 20.1 Å². The molecule has 232 valence electrons. The number of pyridine rings is 1. The monoisotopic (exact) mass is 598 g/mol. The molecule has 2 aliphatic heterocycles. The summed E-state index contributed by atoms with van der Waals surface area (Å²) in [7, 11) is 1.60. The summed E-state index contributed by atoms with van der Waals surface area (Å²) < 4.78 is 10.9. The number of benzene rings is 2. The van der Waals surface area contributed by atoms with Gasteiger partial charge in [-0.1, -0.05) is 12.1 Å². The molecule has 0 saturated carbocycles. The van der Waals surface area contributed by atoms with Gasteiger partial charge in [0.15, 0.2) is 5.78 Å². The largest absolute Gasteiger partial charge is 0.497 e. The number of Topliss-reactive ketones (excluding diaryl/α,β-unsaturated/α-hetero) is 1. The molecular weight excluding hydrogens is 556 g/mol. The molecule has 3 heterocycles. The van der Waals surface area contributed by atoms with Gasteiger partial charge in [0, 0.05) is 56.4 Å². The van der Waals surface area contributed by atoms with E-state index in [-0.39, 0.29) is 35.7 Å². The molecule has 0 atom stereocenters. The Morgan fingerprint density at radius 2 is 1.48 bits per heavy atom. The molecule has 2 fully saturated rings. The highest BCUT2D eigenvalue weighted by Crippen LogP contribution is 2.24. The molecule has 2 saturated heterocycles. The molecular formula is C35H42N4O5. The number of piperidine rings is 2. The summed E-state index contributed by atoms with van der Waals surface area (Å²) in [6.07, 6.45) is 4.60. The van der Waals surface area contributed by atoms with Crippen LogP contribution in [0.4, 0.5) is 0 Å². The smallest absolute Gasteiger partial charge is 0.272 e. The quantitative estimate of drug-likeness (QED) is 0.328. The molecule has 0 bridgehead atoms. The summed E-state index contributed by atoms with van der Waals surface area (Å²) in [5, 5.41) is 3.14. The van der Waals surface area contributed by atoms with Crippen molar-refractivity contribution in [2.75, 3.05) is 33.3 Å². The van der Waals surface area contributed by atoms with Crippen molar-refractivity contribution < 1.29 is 23.9 Å². The van der Waals surface area contributed by atoms with E-state index in [9.17, 15) is 14.4 Å². The first-order valence-corrected chi connectivity index (χ1v) is 15.5. The third-order valence-corrected chi connectivity index (χ3v) is 8.40. The van der Waals surface area contributed by atoms with Crippen molar-refractivity contribution >= 4 is 17.6 Å². The van der Waals surface area contributed by atoms with E-state index < -0.39 is 0 Å². The molecule has 2 amide bonds. The first kappa shape index (κ1) is 31.2. The van der Waals surface area contributed by atoms with E-state index >= 15 is 0 Å². The highest BCUT2D eigenvalue weighted by molar-refractivity contribution is 5.99. The Morgan fingerprint density at radius 3 is 2.07 bits per heavy atom. The van der Waals surface area contributed by atoms with E-state index in [4.69, 9.17) is 9.47 Å². The van der Waals surface area contributed by atoms with Crippen LogP contribution in [0.15, 0.2) is 66.9 Å². The van der Waals surface area contributed by atoms with Crippen LogP contribution >= 0.6 is 0 Å². The molecule has 0 aliphatic carbocycles. The Labute approximate surface area is 259 Å². The van der Waals surface area contributed by atoms with Crippen molar-refractivity contribution in [1.29, 1.82) is 0 Å². The van der Waals surface area contributed by atoms with Gasteiger partial charge in [0.2, 0.25) is 0 Å². The molecule has 5 rings (SSSR count). The minimum atomic E-state index is -0.179. The van der Waals surface area contributed by atoms with E-state index in [1.807, 2.05) is 26.0 Å². The molecule has 1 aromatic heterocycles. The topological polar surface area (TPSA) is 101 Å². The van der Waals surface area contributed by atoms with Crippen molar-refractivity contribution in [3.8, 4) is 11.5 Å². The van der Waals surface area contributed by atoms with Crippen LogP contribution in [0.5, 0.6) is 11.5 Å². The van der Waals surface area contributed by atoms with Gasteiger partial charge in [0.1, 0.15) is 17.2 Å². The lowest BCUT2D eigenvalue weighted by Gasteiger charge is -2.32. The summed E-state index contributed by atoms with van der Waals surface area (Å²) in [4.78, 5) is 47.4. The molecule has 44 heavy (non-hydrogen) atoms. The van der Waals surface area contributed by atoms with Crippen LogP contribution in [-0.4, -0.2) is 77.8 Å². The number of rotatable bonds is 10. The molecule has 0 unspecified atom stereocenters. The Hall–Kier alpha value is -4.24. The van der Waals surface area contributed by atoms with E-state index in [0.29, 0.717) is 48.5 Å². The van der Waals surface area contributed by atoms with E-state index in [0.717, 1.165) is 38.2 Å². The van der Waals surface area contributed by atoms with Crippen LogP contribution in [-0.2, 0) is 6.54 Å². The van der Waals surface area contributed by atoms with Crippen LogP contribution < -0.4 is 14.8 Å². The normalized spacial score (nSPS) is 16.5. The van der Waals surface area contributed by atoms with Gasteiger partial charge in [-0.15, -0.1) is 0 Å². The fourth-order valence-corrected chi connectivity index (χ4v) is 5.86. The van der Waals surface area contributed by atoms with Crippen LogP contribution in [0.2, 0.25) is 0 Å². The van der Waals surface area contributed by atoms with Crippen LogP contribution in [0.25, 0.3) is 0 Å². The highest BCUT2D eigenvalue weighted by atomic mass is 16.5. The van der Waals surface area contributed by atoms with Gasteiger partial charge in [0.05, 0.1) is 18.8 Å². The van der Waals surface area contributed by atoms with Crippen molar-refractivity contribution in [3.05, 3.63) is 89.2 Å². The molecule has 1 N–H and O–H groups in total. The second-order valence-corrected chi connectivity index (χ2v) is 11.9. The number of carbonyl (C=O) groups is 3. The minimum absolute atomic E-state index is 0.0984. The van der Waals surface area contributed by atoms with Gasteiger partial charge in [0.25, 0.3) is 11.8 Å². The average molecular weight is 599 g/mol. The van der Waals surface area contributed by atoms with Crippen molar-refractivity contribution in [3.63, 3.8) is 0 Å². The number of amides is 2. The highest BCUT2D eigenvalue weighted by Gasteiger charge is 2.29. The van der Waals surface area contributed by atoms with Crippen LogP contribution in [0.3, 0.4) is 0 Å². The first-order chi connectivity index (χ1) is 21.3. The summed E-state index contributed by atoms with van der Waals surface area (Å²) >= 11 is 0. The Bertz CT molecular complexity index is 1410. The average Bonchev–Trinajstić information content (AvgIpc) is 3.06. The van der Waals surface area contributed by atoms with E-state index in [2.05, 4.69) is 27.3 Å². The molecule has 2 aromatic carbocycles. The van der Waals surface area contributed by atoms with E-state index in [1.54, 1.807) is 48.4 Å². The number of hydrogen-bond acceptors (Lipinski definition) is 7. The number of hydrogen-bond donors (Lipinski definition) is 1. The first-order valence-electron chi connectivity index (χ1n) is 15.5.